The molecule has 17 heavy (non-hydrogen) atoms. The van der Waals surface area contributed by atoms with Gasteiger partial charge in [-0.25, -0.2) is 0 Å². The first kappa shape index (κ1) is 16.4. The molecule has 0 heterocycles. The van der Waals surface area contributed by atoms with Gasteiger partial charge < -0.3 is 5.32 Å². The van der Waals surface area contributed by atoms with Gasteiger partial charge in [0, 0.05) is 31.1 Å². The van der Waals surface area contributed by atoms with E-state index in [4.69, 9.17) is 5.26 Å². The van der Waals surface area contributed by atoms with Gasteiger partial charge in [-0.3, -0.25) is 4.90 Å². The third-order valence-electron chi connectivity index (χ3n) is 2.77. The molecule has 0 saturated heterocycles. The highest BCUT2D eigenvalue weighted by Crippen LogP contribution is 2.07. The summed E-state index contributed by atoms with van der Waals surface area (Å²) in [6.45, 7) is 16.2. The lowest BCUT2D eigenvalue weighted by molar-refractivity contribution is 0.190. The molecule has 0 aromatic carbocycles. The summed E-state index contributed by atoms with van der Waals surface area (Å²) in [5.41, 5.74) is 0.184. The van der Waals surface area contributed by atoms with E-state index in [1.807, 2.05) is 0 Å². The van der Waals surface area contributed by atoms with Gasteiger partial charge in [-0.05, 0) is 47.1 Å². The van der Waals surface area contributed by atoms with E-state index in [0.29, 0.717) is 18.4 Å². The number of rotatable bonds is 7. The summed E-state index contributed by atoms with van der Waals surface area (Å²) in [4.78, 5) is 2.39. The Kier molecular flexibility index (Phi) is 7.41. The molecule has 0 spiro atoms. The van der Waals surface area contributed by atoms with Crippen LogP contribution >= 0.6 is 0 Å². The zero-order valence-electron chi connectivity index (χ0n) is 12.4. The minimum absolute atomic E-state index is 0.184. The summed E-state index contributed by atoms with van der Waals surface area (Å²) in [6.07, 6.45) is 0.623. The molecule has 0 aromatic heterocycles. The van der Waals surface area contributed by atoms with Crippen LogP contribution in [0.25, 0.3) is 0 Å². The van der Waals surface area contributed by atoms with E-state index < -0.39 is 0 Å². The summed E-state index contributed by atoms with van der Waals surface area (Å²) in [7, 11) is 0. The van der Waals surface area contributed by atoms with Crippen molar-refractivity contribution >= 4 is 0 Å². The van der Waals surface area contributed by atoms with Crippen LogP contribution in [-0.2, 0) is 0 Å². The maximum Gasteiger partial charge on any atom is 0.0635 e. The first-order chi connectivity index (χ1) is 7.76. The fourth-order valence-electron chi connectivity index (χ4n) is 1.70. The Bertz CT molecular complexity index is 235. The van der Waals surface area contributed by atoms with Crippen molar-refractivity contribution in [3.63, 3.8) is 0 Å². The van der Waals surface area contributed by atoms with Crippen molar-refractivity contribution in [1.82, 2.24) is 10.2 Å². The molecule has 1 atom stereocenters. The van der Waals surface area contributed by atoms with Gasteiger partial charge >= 0.3 is 0 Å². The Morgan fingerprint density at radius 3 is 2.24 bits per heavy atom. The van der Waals surface area contributed by atoms with E-state index in [9.17, 15) is 0 Å². The number of hydrogen-bond acceptors (Lipinski definition) is 3. The minimum atomic E-state index is 0.184. The monoisotopic (exact) mass is 239 g/mol. The van der Waals surface area contributed by atoms with Crippen molar-refractivity contribution in [1.29, 1.82) is 5.26 Å². The van der Waals surface area contributed by atoms with Crippen LogP contribution < -0.4 is 5.32 Å². The van der Waals surface area contributed by atoms with Gasteiger partial charge in [0.25, 0.3) is 0 Å². The number of nitriles is 1. The first-order valence-corrected chi connectivity index (χ1v) is 6.62. The number of nitrogens with one attached hydrogen (secondary N) is 1. The van der Waals surface area contributed by atoms with E-state index >= 15 is 0 Å². The highest BCUT2D eigenvalue weighted by molar-refractivity contribution is 4.77. The summed E-state index contributed by atoms with van der Waals surface area (Å²) < 4.78 is 0. The van der Waals surface area contributed by atoms with Crippen LogP contribution in [0.3, 0.4) is 0 Å². The predicted octanol–water partition coefficient (Wildman–Crippen LogP) is 2.63. The molecule has 0 aliphatic heterocycles. The average molecular weight is 239 g/mol. The molecular formula is C14H29N3. The Morgan fingerprint density at radius 1 is 1.24 bits per heavy atom. The van der Waals surface area contributed by atoms with E-state index in [2.05, 4.69) is 57.8 Å². The molecule has 1 N–H and O–H groups in total. The molecule has 0 fully saturated rings. The van der Waals surface area contributed by atoms with Gasteiger partial charge in [-0.1, -0.05) is 6.92 Å². The van der Waals surface area contributed by atoms with Crippen molar-refractivity contribution in [3.05, 3.63) is 0 Å². The Balaban J connectivity index is 4.04. The average Bonchev–Trinajstić information content (AvgIpc) is 2.19. The molecule has 0 amide bonds. The van der Waals surface area contributed by atoms with Crippen molar-refractivity contribution < 1.29 is 0 Å². The van der Waals surface area contributed by atoms with Crippen LogP contribution in [0.1, 0.15) is 48.0 Å². The second-order valence-corrected chi connectivity index (χ2v) is 6.23. The Hall–Kier alpha value is -0.590. The first-order valence-electron chi connectivity index (χ1n) is 6.62. The van der Waals surface area contributed by atoms with Crippen molar-refractivity contribution in [2.24, 2.45) is 5.92 Å². The van der Waals surface area contributed by atoms with Crippen LogP contribution in [0.2, 0.25) is 0 Å². The van der Waals surface area contributed by atoms with Crippen LogP contribution in [0.5, 0.6) is 0 Å². The highest BCUT2D eigenvalue weighted by Gasteiger charge is 2.15. The minimum Gasteiger partial charge on any atom is -0.312 e. The van der Waals surface area contributed by atoms with Crippen molar-refractivity contribution in [2.45, 2.75) is 59.5 Å². The van der Waals surface area contributed by atoms with Crippen molar-refractivity contribution in [2.75, 3.05) is 19.6 Å². The summed E-state index contributed by atoms with van der Waals surface area (Å²) in [5, 5.41) is 12.2. The molecule has 0 saturated carbocycles. The molecule has 0 rings (SSSR count). The molecule has 1 unspecified atom stereocenters. The van der Waals surface area contributed by atoms with E-state index in [-0.39, 0.29) is 5.54 Å². The smallest absolute Gasteiger partial charge is 0.0635 e. The highest BCUT2D eigenvalue weighted by atomic mass is 15.1. The molecule has 100 valence electrons. The molecule has 0 aliphatic rings. The number of hydrogen-bond donors (Lipinski definition) is 1. The predicted molar refractivity (Wildman–Crippen MR) is 73.9 cm³/mol. The van der Waals surface area contributed by atoms with E-state index in [1.165, 1.54) is 0 Å². The summed E-state index contributed by atoms with van der Waals surface area (Å²) in [6, 6.07) is 2.74. The second kappa shape index (κ2) is 7.68. The van der Waals surface area contributed by atoms with Gasteiger partial charge in [-0.15, -0.1) is 0 Å². The molecule has 3 heteroatoms. The maximum atomic E-state index is 8.65. The second-order valence-electron chi connectivity index (χ2n) is 6.23. The van der Waals surface area contributed by atoms with E-state index in [0.717, 1.165) is 19.6 Å². The summed E-state index contributed by atoms with van der Waals surface area (Å²) >= 11 is 0. The van der Waals surface area contributed by atoms with E-state index in [1.54, 1.807) is 0 Å². The third-order valence-corrected chi connectivity index (χ3v) is 2.77. The van der Waals surface area contributed by atoms with Gasteiger partial charge in [0.2, 0.25) is 0 Å². The SMILES string of the molecule is CC(CNC(C)(C)C)CN(CCC#N)C(C)C. The van der Waals surface area contributed by atoms with Crippen LogP contribution in [0.4, 0.5) is 0 Å². The Labute approximate surface area is 107 Å². The lowest BCUT2D eigenvalue weighted by Crippen LogP contribution is -2.43. The molecule has 0 radical (unpaired) electrons. The van der Waals surface area contributed by atoms with Gasteiger partial charge in [-0.2, -0.15) is 5.26 Å². The lowest BCUT2D eigenvalue weighted by atomic mass is 10.1. The number of nitrogens with zero attached hydrogens (tertiary/aromatic N) is 2. The van der Waals surface area contributed by atoms with Crippen LogP contribution in [-0.4, -0.2) is 36.1 Å². The third kappa shape index (κ3) is 9.14. The maximum absolute atomic E-state index is 8.65. The molecular weight excluding hydrogens is 210 g/mol. The molecule has 0 aromatic rings. The van der Waals surface area contributed by atoms with Crippen molar-refractivity contribution in [3.8, 4) is 6.07 Å². The topological polar surface area (TPSA) is 39.1 Å². The normalized spacial score (nSPS) is 14.1. The standard InChI is InChI=1S/C14H29N3/c1-12(2)17(9-7-8-15)11-13(3)10-16-14(4,5)6/h12-13,16H,7,9-11H2,1-6H3. The Morgan fingerprint density at radius 2 is 1.82 bits per heavy atom. The lowest BCUT2D eigenvalue weighted by Gasteiger charge is -2.30. The van der Waals surface area contributed by atoms with Gasteiger partial charge in [0.1, 0.15) is 0 Å². The molecule has 3 nitrogen and oxygen atoms in total. The van der Waals surface area contributed by atoms with Gasteiger partial charge in [0.15, 0.2) is 0 Å². The zero-order chi connectivity index (χ0) is 13.5. The zero-order valence-corrected chi connectivity index (χ0v) is 12.4. The van der Waals surface area contributed by atoms with Gasteiger partial charge in [0.05, 0.1) is 6.07 Å². The fraction of sp³-hybridized carbons (Fsp3) is 0.929. The van der Waals surface area contributed by atoms with Crippen LogP contribution in [0.15, 0.2) is 0 Å². The van der Waals surface area contributed by atoms with Crippen LogP contribution in [0, 0.1) is 17.2 Å². The largest absolute Gasteiger partial charge is 0.312 e. The molecule has 0 bridgehead atoms. The fourth-order valence-corrected chi connectivity index (χ4v) is 1.70. The quantitative estimate of drug-likeness (QED) is 0.742. The molecule has 0 aliphatic carbocycles. The summed E-state index contributed by atoms with van der Waals surface area (Å²) in [5.74, 6) is 0.607.